The molecule has 1 aromatic carbocycles. The second-order valence-corrected chi connectivity index (χ2v) is 4.51. The van der Waals surface area contributed by atoms with E-state index in [0.29, 0.717) is 35.9 Å². The third-order valence-corrected chi connectivity index (χ3v) is 2.88. The van der Waals surface area contributed by atoms with Gasteiger partial charge in [-0.25, -0.2) is 0 Å². The Kier molecular flexibility index (Phi) is 6.34. The summed E-state index contributed by atoms with van der Waals surface area (Å²) in [5.41, 5.74) is 0.911. The van der Waals surface area contributed by atoms with Gasteiger partial charge < -0.3 is 10.4 Å². The molecule has 1 rings (SSSR count). The van der Waals surface area contributed by atoms with E-state index in [1.807, 2.05) is 6.07 Å². The van der Waals surface area contributed by atoms with Gasteiger partial charge in [0.2, 0.25) is 5.91 Å². The summed E-state index contributed by atoms with van der Waals surface area (Å²) < 4.78 is 0. The number of aliphatic hydroxyl groups excluding tert-OH is 1. The highest BCUT2D eigenvalue weighted by molar-refractivity contribution is 6.35. The molecule has 2 N–H and O–H groups in total. The number of hydrogen-bond donors (Lipinski definition) is 2. The predicted molar refractivity (Wildman–Crippen MR) is 69.5 cm³/mol. The van der Waals surface area contributed by atoms with Crippen LogP contribution >= 0.6 is 23.2 Å². The maximum Gasteiger partial charge on any atom is 0.220 e. The number of carbonyl (C=O) groups is 1. The maximum absolute atomic E-state index is 11.4. The van der Waals surface area contributed by atoms with Crippen LogP contribution in [0.15, 0.2) is 18.2 Å². The van der Waals surface area contributed by atoms with E-state index >= 15 is 0 Å². The number of rotatable bonds is 6. The molecule has 1 amide bonds. The number of carbonyl (C=O) groups excluding carboxylic acids is 1. The van der Waals surface area contributed by atoms with E-state index < -0.39 is 0 Å². The second-order valence-electron chi connectivity index (χ2n) is 3.66. The van der Waals surface area contributed by atoms with Gasteiger partial charge in [-0.05, 0) is 30.5 Å². The predicted octanol–water partition coefficient (Wildman–Crippen LogP) is 2.42. The van der Waals surface area contributed by atoms with E-state index in [0.717, 1.165) is 5.56 Å². The van der Waals surface area contributed by atoms with Gasteiger partial charge in [0.05, 0.1) is 0 Å². The Labute approximate surface area is 111 Å². The highest BCUT2D eigenvalue weighted by Gasteiger charge is 2.05. The molecule has 0 saturated heterocycles. The van der Waals surface area contributed by atoms with Crippen LogP contribution < -0.4 is 5.32 Å². The largest absolute Gasteiger partial charge is 0.396 e. The van der Waals surface area contributed by atoms with Crippen LogP contribution in [0.1, 0.15) is 18.4 Å². The summed E-state index contributed by atoms with van der Waals surface area (Å²) in [6.45, 7) is 0.590. The fourth-order valence-electron chi connectivity index (χ4n) is 1.37. The lowest BCUT2D eigenvalue weighted by Gasteiger charge is -2.06. The first-order valence-electron chi connectivity index (χ1n) is 5.45. The minimum absolute atomic E-state index is 0.0375. The average molecular weight is 276 g/mol. The monoisotopic (exact) mass is 275 g/mol. The van der Waals surface area contributed by atoms with Gasteiger partial charge in [0, 0.05) is 29.6 Å². The summed E-state index contributed by atoms with van der Waals surface area (Å²) in [5.74, 6) is -0.0375. The Morgan fingerprint density at radius 3 is 2.76 bits per heavy atom. The van der Waals surface area contributed by atoms with E-state index in [1.54, 1.807) is 12.1 Å². The van der Waals surface area contributed by atoms with Gasteiger partial charge in [0.15, 0.2) is 0 Å². The number of hydrogen-bond acceptors (Lipinski definition) is 2. The fraction of sp³-hybridized carbons (Fsp3) is 0.417. The Morgan fingerprint density at radius 1 is 1.35 bits per heavy atom. The zero-order valence-corrected chi connectivity index (χ0v) is 10.9. The van der Waals surface area contributed by atoms with Crippen molar-refractivity contribution in [1.82, 2.24) is 5.32 Å². The van der Waals surface area contributed by atoms with Gasteiger partial charge in [-0.2, -0.15) is 0 Å². The standard InChI is InChI=1S/C12H15Cl2NO2/c13-10-4-2-9(11(14)8-10)3-5-12(17)15-6-1-7-16/h2,4,8,16H,1,3,5-7H2,(H,15,17). The van der Waals surface area contributed by atoms with Crippen LogP contribution in [0.25, 0.3) is 0 Å². The summed E-state index contributed by atoms with van der Waals surface area (Å²) in [6.07, 6.45) is 1.54. The molecule has 3 nitrogen and oxygen atoms in total. The van der Waals surface area contributed by atoms with Crippen molar-refractivity contribution >= 4 is 29.1 Å². The van der Waals surface area contributed by atoms with Gasteiger partial charge in [-0.3, -0.25) is 4.79 Å². The first kappa shape index (κ1) is 14.3. The third-order valence-electron chi connectivity index (χ3n) is 2.29. The minimum Gasteiger partial charge on any atom is -0.396 e. The summed E-state index contributed by atoms with van der Waals surface area (Å²) >= 11 is 11.8. The van der Waals surface area contributed by atoms with Crippen LogP contribution in [0.5, 0.6) is 0 Å². The van der Waals surface area contributed by atoms with Crippen molar-refractivity contribution in [3.05, 3.63) is 33.8 Å². The van der Waals surface area contributed by atoms with Crippen molar-refractivity contribution < 1.29 is 9.90 Å². The molecule has 0 aromatic heterocycles. The lowest BCUT2D eigenvalue weighted by atomic mass is 10.1. The van der Waals surface area contributed by atoms with E-state index in [-0.39, 0.29) is 12.5 Å². The molecule has 17 heavy (non-hydrogen) atoms. The van der Waals surface area contributed by atoms with E-state index in [4.69, 9.17) is 28.3 Å². The number of nitrogens with one attached hydrogen (secondary N) is 1. The zero-order chi connectivity index (χ0) is 12.7. The molecular formula is C12H15Cl2NO2. The Hall–Kier alpha value is -0.770. The van der Waals surface area contributed by atoms with Crippen LogP contribution in [0.2, 0.25) is 10.0 Å². The molecule has 0 heterocycles. The van der Waals surface area contributed by atoms with E-state index in [9.17, 15) is 4.79 Å². The molecule has 1 aromatic rings. The van der Waals surface area contributed by atoms with Gasteiger partial charge in [-0.1, -0.05) is 29.3 Å². The van der Waals surface area contributed by atoms with Gasteiger partial charge in [0.25, 0.3) is 0 Å². The molecule has 5 heteroatoms. The highest BCUT2D eigenvalue weighted by Crippen LogP contribution is 2.21. The van der Waals surface area contributed by atoms with Crippen molar-refractivity contribution in [2.75, 3.05) is 13.2 Å². The van der Waals surface area contributed by atoms with Crippen molar-refractivity contribution in [2.45, 2.75) is 19.3 Å². The van der Waals surface area contributed by atoms with Crippen molar-refractivity contribution in [3.8, 4) is 0 Å². The average Bonchev–Trinajstić information content (AvgIpc) is 2.28. The smallest absolute Gasteiger partial charge is 0.220 e. The van der Waals surface area contributed by atoms with Gasteiger partial charge in [-0.15, -0.1) is 0 Å². The normalized spacial score (nSPS) is 10.3. The summed E-state index contributed by atoms with van der Waals surface area (Å²) in [7, 11) is 0. The third kappa shape index (κ3) is 5.39. The zero-order valence-electron chi connectivity index (χ0n) is 9.38. The van der Waals surface area contributed by atoms with Crippen molar-refractivity contribution in [2.24, 2.45) is 0 Å². The highest BCUT2D eigenvalue weighted by atomic mass is 35.5. The number of amides is 1. The maximum atomic E-state index is 11.4. The molecule has 0 bridgehead atoms. The van der Waals surface area contributed by atoms with E-state index in [2.05, 4.69) is 5.32 Å². The SMILES string of the molecule is O=C(CCc1ccc(Cl)cc1Cl)NCCCO. The molecular weight excluding hydrogens is 261 g/mol. The second kappa shape index (κ2) is 7.54. The molecule has 94 valence electrons. The number of aliphatic hydroxyl groups is 1. The summed E-state index contributed by atoms with van der Waals surface area (Å²) in [6, 6.07) is 5.25. The lowest BCUT2D eigenvalue weighted by Crippen LogP contribution is -2.25. The van der Waals surface area contributed by atoms with Crippen LogP contribution in [-0.2, 0) is 11.2 Å². The number of aryl methyl sites for hydroxylation is 1. The molecule has 0 aliphatic carbocycles. The molecule has 0 radical (unpaired) electrons. The topological polar surface area (TPSA) is 49.3 Å². The van der Waals surface area contributed by atoms with E-state index in [1.165, 1.54) is 0 Å². The lowest BCUT2D eigenvalue weighted by molar-refractivity contribution is -0.121. The molecule has 0 fully saturated rings. The van der Waals surface area contributed by atoms with Crippen molar-refractivity contribution in [3.63, 3.8) is 0 Å². The summed E-state index contributed by atoms with van der Waals surface area (Å²) in [4.78, 5) is 11.4. The van der Waals surface area contributed by atoms with Gasteiger partial charge >= 0.3 is 0 Å². The minimum atomic E-state index is -0.0375. The number of benzene rings is 1. The van der Waals surface area contributed by atoms with Gasteiger partial charge in [0.1, 0.15) is 0 Å². The molecule has 0 saturated carbocycles. The Morgan fingerprint density at radius 2 is 2.12 bits per heavy atom. The Balaban J connectivity index is 2.37. The molecule has 0 atom stereocenters. The van der Waals surface area contributed by atoms with Crippen LogP contribution in [-0.4, -0.2) is 24.2 Å². The molecule has 0 spiro atoms. The fourth-order valence-corrected chi connectivity index (χ4v) is 1.87. The number of halogens is 2. The van der Waals surface area contributed by atoms with Crippen LogP contribution in [0, 0.1) is 0 Å². The molecule has 0 unspecified atom stereocenters. The van der Waals surface area contributed by atoms with Crippen molar-refractivity contribution in [1.29, 1.82) is 0 Å². The molecule has 0 aliphatic rings. The quantitative estimate of drug-likeness (QED) is 0.784. The van der Waals surface area contributed by atoms with Crippen LogP contribution in [0.3, 0.4) is 0 Å². The first-order valence-corrected chi connectivity index (χ1v) is 6.20. The molecule has 0 aliphatic heterocycles. The Bertz CT molecular complexity index is 383. The summed E-state index contributed by atoms with van der Waals surface area (Å²) in [5, 5.41) is 12.5. The first-order chi connectivity index (χ1) is 8.13. The van der Waals surface area contributed by atoms with Crippen LogP contribution in [0.4, 0.5) is 0 Å².